The van der Waals surface area contributed by atoms with Gasteiger partial charge in [0.05, 0.1) is 0 Å². The van der Waals surface area contributed by atoms with Gasteiger partial charge in [0.25, 0.3) is 0 Å². The molecular weight excluding hydrogens is 192 g/mol. The average molecular weight is 204 g/mol. The van der Waals surface area contributed by atoms with E-state index in [1.54, 1.807) is 19.1 Å². The summed E-state index contributed by atoms with van der Waals surface area (Å²) >= 11 is 0. The molecule has 0 atom stereocenters. The lowest BCUT2D eigenvalue weighted by molar-refractivity contribution is -0.130. The number of ether oxygens (including phenoxy) is 1. The third kappa shape index (κ3) is 2.71. The Labute approximate surface area is 88.3 Å². The minimum absolute atomic E-state index is 0.0325. The van der Waals surface area contributed by atoms with Gasteiger partial charge in [0.1, 0.15) is 11.5 Å². The summed E-state index contributed by atoms with van der Waals surface area (Å²) in [6.45, 7) is 8.60. The number of benzene rings is 1. The lowest BCUT2D eigenvalue weighted by atomic mass is 10.2. The average Bonchev–Trinajstić information content (AvgIpc) is 2.18. The number of hydrogen-bond acceptors (Lipinski definition) is 3. The normalized spacial score (nSPS) is 9.40. The molecule has 78 valence electrons. The Morgan fingerprint density at radius 3 is 2.73 bits per heavy atom. The topological polar surface area (TPSA) is 46.5 Å². The predicted octanol–water partition coefficient (Wildman–Crippen LogP) is 2.52. The van der Waals surface area contributed by atoms with E-state index in [0.29, 0.717) is 11.1 Å². The van der Waals surface area contributed by atoms with E-state index >= 15 is 0 Å². The van der Waals surface area contributed by atoms with E-state index in [1.165, 1.54) is 12.1 Å². The Kier molecular flexibility index (Phi) is 3.29. The summed E-state index contributed by atoms with van der Waals surface area (Å²) < 4.78 is 5.01. The quantitative estimate of drug-likeness (QED) is 0.467. The molecule has 0 heterocycles. The molecule has 0 aliphatic carbocycles. The highest BCUT2D eigenvalue weighted by molar-refractivity contribution is 5.89. The molecule has 0 aliphatic heterocycles. The van der Waals surface area contributed by atoms with Crippen LogP contribution in [0.1, 0.15) is 12.5 Å². The molecule has 0 spiro atoms. The molecule has 1 N–H and O–H groups in total. The number of carbonyl (C=O) groups is 1. The molecule has 0 unspecified atom stereocenters. The molecule has 1 aromatic rings. The van der Waals surface area contributed by atoms with Gasteiger partial charge in [-0.2, -0.15) is 0 Å². The van der Waals surface area contributed by atoms with Crippen LogP contribution in [0, 0.1) is 0 Å². The lowest BCUT2D eigenvalue weighted by Gasteiger charge is -2.07. The van der Waals surface area contributed by atoms with E-state index in [0.717, 1.165) is 0 Å². The third-order valence-corrected chi connectivity index (χ3v) is 1.77. The van der Waals surface area contributed by atoms with Gasteiger partial charge >= 0.3 is 5.97 Å². The molecule has 1 rings (SSSR count). The van der Waals surface area contributed by atoms with Crippen LogP contribution in [0.15, 0.2) is 36.9 Å². The molecule has 0 aliphatic rings. The van der Waals surface area contributed by atoms with Crippen LogP contribution in [-0.4, -0.2) is 11.1 Å². The van der Waals surface area contributed by atoms with Crippen LogP contribution in [0.4, 0.5) is 0 Å². The Morgan fingerprint density at radius 1 is 1.53 bits per heavy atom. The highest BCUT2D eigenvalue weighted by Crippen LogP contribution is 2.25. The van der Waals surface area contributed by atoms with Crippen molar-refractivity contribution in [2.24, 2.45) is 0 Å². The molecule has 3 nitrogen and oxygen atoms in total. The second-order valence-corrected chi connectivity index (χ2v) is 3.10. The predicted molar refractivity (Wildman–Crippen MR) is 58.6 cm³/mol. The smallest absolute Gasteiger partial charge is 0.338 e. The van der Waals surface area contributed by atoms with Crippen molar-refractivity contribution >= 4 is 12.0 Å². The van der Waals surface area contributed by atoms with Crippen LogP contribution < -0.4 is 4.74 Å². The summed E-state index contributed by atoms with van der Waals surface area (Å²) in [6, 6.07) is 4.47. The summed E-state index contributed by atoms with van der Waals surface area (Å²) in [4.78, 5) is 11.3. The van der Waals surface area contributed by atoms with Crippen molar-refractivity contribution in [1.29, 1.82) is 0 Å². The van der Waals surface area contributed by atoms with Crippen LogP contribution in [0.5, 0.6) is 11.5 Å². The van der Waals surface area contributed by atoms with Crippen LogP contribution in [0.25, 0.3) is 6.08 Å². The minimum atomic E-state index is -0.524. The number of hydrogen-bond donors (Lipinski definition) is 1. The summed E-state index contributed by atoms with van der Waals surface area (Å²) in [6.07, 6.45) is 1.54. The maximum absolute atomic E-state index is 11.3. The van der Waals surface area contributed by atoms with Crippen molar-refractivity contribution in [1.82, 2.24) is 0 Å². The van der Waals surface area contributed by atoms with Crippen molar-refractivity contribution < 1.29 is 14.6 Å². The zero-order valence-corrected chi connectivity index (χ0v) is 8.49. The van der Waals surface area contributed by atoms with Crippen molar-refractivity contribution in [2.75, 3.05) is 0 Å². The van der Waals surface area contributed by atoms with E-state index in [4.69, 9.17) is 4.74 Å². The molecule has 0 fully saturated rings. The van der Waals surface area contributed by atoms with E-state index in [9.17, 15) is 9.90 Å². The Balaban J connectivity index is 3.02. The number of carbonyl (C=O) groups excluding carboxylic acids is 1. The fourth-order valence-corrected chi connectivity index (χ4v) is 0.967. The molecule has 0 aromatic heterocycles. The molecule has 0 bridgehead atoms. The third-order valence-electron chi connectivity index (χ3n) is 1.77. The number of phenols is 1. The fraction of sp³-hybridized carbons (Fsp3) is 0.0833. The van der Waals surface area contributed by atoms with Crippen LogP contribution in [0.2, 0.25) is 0 Å². The van der Waals surface area contributed by atoms with Gasteiger partial charge in [-0.3, -0.25) is 0 Å². The first-order chi connectivity index (χ1) is 7.04. The van der Waals surface area contributed by atoms with Crippen molar-refractivity contribution in [2.45, 2.75) is 6.92 Å². The largest absolute Gasteiger partial charge is 0.508 e. The first kappa shape index (κ1) is 11.0. The van der Waals surface area contributed by atoms with Crippen LogP contribution in [0.3, 0.4) is 0 Å². The lowest BCUT2D eigenvalue weighted by Crippen LogP contribution is -2.08. The number of rotatable bonds is 3. The maximum atomic E-state index is 11.3. The maximum Gasteiger partial charge on any atom is 0.338 e. The molecule has 0 saturated carbocycles. The highest BCUT2D eigenvalue weighted by atomic mass is 16.5. The van der Waals surface area contributed by atoms with Crippen molar-refractivity contribution in [3.63, 3.8) is 0 Å². The molecular formula is C12H12O3. The van der Waals surface area contributed by atoms with Crippen LogP contribution in [-0.2, 0) is 4.79 Å². The minimum Gasteiger partial charge on any atom is -0.508 e. The van der Waals surface area contributed by atoms with Crippen molar-refractivity contribution in [3.05, 3.63) is 42.5 Å². The van der Waals surface area contributed by atoms with Crippen molar-refractivity contribution in [3.8, 4) is 11.5 Å². The molecule has 15 heavy (non-hydrogen) atoms. The fourth-order valence-electron chi connectivity index (χ4n) is 0.967. The Hall–Kier alpha value is -2.03. The van der Waals surface area contributed by atoms with Crippen LogP contribution >= 0.6 is 0 Å². The number of aromatic hydroxyl groups is 1. The first-order valence-corrected chi connectivity index (χ1v) is 4.37. The highest BCUT2D eigenvalue weighted by Gasteiger charge is 2.08. The zero-order chi connectivity index (χ0) is 11.4. The zero-order valence-electron chi connectivity index (χ0n) is 8.49. The van der Waals surface area contributed by atoms with Gasteiger partial charge in [0, 0.05) is 17.2 Å². The molecule has 0 radical (unpaired) electrons. The molecule has 0 saturated heterocycles. The Morgan fingerprint density at radius 2 is 2.20 bits per heavy atom. The summed E-state index contributed by atoms with van der Waals surface area (Å²) in [5, 5.41) is 9.24. The van der Waals surface area contributed by atoms with E-state index in [2.05, 4.69) is 13.2 Å². The van der Waals surface area contributed by atoms with Gasteiger partial charge in [-0.25, -0.2) is 4.79 Å². The van der Waals surface area contributed by atoms with Gasteiger partial charge in [-0.1, -0.05) is 19.2 Å². The Bertz CT molecular complexity index is 419. The summed E-state index contributed by atoms with van der Waals surface area (Å²) in [5.74, 6) is -0.216. The van der Waals surface area contributed by atoms with E-state index in [1.807, 2.05) is 0 Å². The van der Waals surface area contributed by atoms with E-state index in [-0.39, 0.29) is 11.5 Å². The molecule has 0 amide bonds. The first-order valence-electron chi connectivity index (χ1n) is 4.37. The standard InChI is InChI=1S/C12H12O3/c1-4-9-5-6-10(13)7-11(9)15-12(14)8(2)3/h4-7,13H,1-2H2,3H3. The number of esters is 1. The second-order valence-electron chi connectivity index (χ2n) is 3.10. The van der Waals surface area contributed by atoms with Gasteiger partial charge in [0.15, 0.2) is 0 Å². The molecule has 1 aromatic carbocycles. The van der Waals surface area contributed by atoms with Gasteiger partial charge < -0.3 is 9.84 Å². The monoisotopic (exact) mass is 204 g/mol. The van der Waals surface area contributed by atoms with Gasteiger partial charge in [-0.15, -0.1) is 0 Å². The van der Waals surface area contributed by atoms with E-state index < -0.39 is 5.97 Å². The summed E-state index contributed by atoms with van der Waals surface area (Å²) in [5.41, 5.74) is 0.941. The molecule has 3 heteroatoms. The second kappa shape index (κ2) is 4.46. The SMILES string of the molecule is C=Cc1ccc(O)cc1OC(=O)C(=C)C. The summed E-state index contributed by atoms with van der Waals surface area (Å²) in [7, 11) is 0. The number of phenolic OH excluding ortho intramolecular Hbond substituents is 1. The van der Waals surface area contributed by atoms with Gasteiger partial charge in [0.2, 0.25) is 0 Å². The van der Waals surface area contributed by atoms with Gasteiger partial charge in [-0.05, 0) is 19.1 Å².